The maximum atomic E-state index is 11.1. The Bertz CT molecular complexity index is 291. The fourth-order valence-electron chi connectivity index (χ4n) is 0.850. The zero-order valence-electron chi connectivity index (χ0n) is 8.38. The van der Waals surface area contributed by atoms with Crippen LogP contribution >= 0.6 is 11.8 Å². The number of rotatable bonds is 6. The van der Waals surface area contributed by atoms with Crippen LogP contribution in [0, 0.1) is 0 Å². The van der Waals surface area contributed by atoms with Crippen LogP contribution in [0.4, 0.5) is 0 Å². The molecule has 1 rings (SSSR count). The number of carbonyl (C=O) groups excluding carboxylic acids is 1. The molecule has 1 unspecified atom stereocenters. The molecule has 0 aliphatic heterocycles. The summed E-state index contributed by atoms with van der Waals surface area (Å²) in [6.07, 6.45) is 1.33. The van der Waals surface area contributed by atoms with Gasteiger partial charge >= 0.3 is 5.97 Å². The zero-order valence-corrected chi connectivity index (χ0v) is 9.20. The summed E-state index contributed by atoms with van der Waals surface area (Å²) >= 11 is 1.45. The molecule has 0 fully saturated rings. The van der Waals surface area contributed by atoms with Gasteiger partial charge in [-0.3, -0.25) is 4.79 Å². The molecular formula is C8H13N3O3S. The van der Waals surface area contributed by atoms with Gasteiger partial charge in [0.2, 0.25) is 5.89 Å². The van der Waals surface area contributed by atoms with E-state index in [0.29, 0.717) is 24.0 Å². The second-order valence-corrected chi connectivity index (χ2v) is 3.74. The molecule has 1 heterocycles. The van der Waals surface area contributed by atoms with Crippen molar-refractivity contribution in [3.63, 3.8) is 0 Å². The third kappa shape index (κ3) is 4.30. The lowest BCUT2D eigenvalue weighted by molar-refractivity contribution is -0.144. The number of nitrogens with two attached hydrogens (primary N) is 1. The van der Waals surface area contributed by atoms with Crippen molar-refractivity contribution < 1.29 is 14.1 Å². The first-order valence-corrected chi connectivity index (χ1v) is 5.65. The van der Waals surface area contributed by atoms with Gasteiger partial charge in [-0.15, -0.1) is 11.8 Å². The highest BCUT2D eigenvalue weighted by atomic mass is 32.2. The molecule has 0 bridgehead atoms. The molecule has 2 N–H and O–H groups in total. The molecule has 7 heteroatoms. The molecule has 0 spiro atoms. The van der Waals surface area contributed by atoms with E-state index in [2.05, 4.69) is 10.1 Å². The van der Waals surface area contributed by atoms with Gasteiger partial charge in [0.15, 0.2) is 6.33 Å². The van der Waals surface area contributed by atoms with E-state index in [0.717, 1.165) is 0 Å². The van der Waals surface area contributed by atoms with Gasteiger partial charge in [0, 0.05) is 5.75 Å². The highest BCUT2D eigenvalue weighted by Crippen LogP contribution is 2.10. The summed E-state index contributed by atoms with van der Waals surface area (Å²) in [6.45, 7) is 2.09. The number of nitrogens with zero attached hydrogens (tertiary/aromatic N) is 2. The Balaban J connectivity index is 2.17. The molecule has 1 aromatic rings. The van der Waals surface area contributed by atoms with Crippen LogP contribution in [0.3, 0.4) is 0 Å². The van der Waals surface area contributed by atoms with Gasteiger partial charge in [-0.25, -0.2) is 0 Å². The first kappa shape index (κ1) is 12.0. The Morgan fingerprint density at radius 3 is 3.20 bits per heavy atom. The van der Waals surface area contributed by atoms with Crippen LogP contribution < -0.4 is 5.73 Å². The fourth-order valence-corrected chi connectivity index (χ4v) is 1.66. The molecule has 0 amide bonds. The van der Waals surface area contributed by atoms with Crippen molar-refractivity contribution in [3.8, 4) is 0 Å². The van der Waals surface area contributed by atoms with E-state index in [-0.39, 0.29) is 5.97 Å². The first-order chi connectivity index (χ1) is 7.24. The number of hydrogen-bond acceptors (Lipinski definition) is 7. The molecular weight excluding hydrogens is 218 g/mol. The molecule has 0 aliphatic carbocycles. The maximum Gasteiger partial charge on any atom is 0.323 e. The lowest BCUT2D eigenvalue weighted by Crippen LogP contribution is -2.34. The minimum atomic E-state index is -0.599. The van der Waals surface area contributed by atoms with Crippen LogP contribution in [-0.2, 0) is 15.3 Å². The predicted molar refractivity (Wildman–Crippen MR) is 55.1 cm³/mol. The largest absolute Gasteiger partial charge is 0.465 e. The highest BCUT2D eigenvalue weighted by Gasteiger charge is 2.14. The third-order valence-electron chi connectivity index (χ3n) is 1.52. The van der Waals surface area contributed by atoms with E-state index in [4.69, 9.17) is 15.0 Å². The summed E-state index contributed by atoms with van der Waals surface area (Å²) in [5, 5.41) is 3.46. The average Bonchev–Trinajstić information content (AvgIpc) is 2.71. The van der Waals surface area contributed by atoms with Crippen molar-refractivity contribution in [3.05, 3.63) is 12.2 Å². The Hall–Kier alpha value is -1.08. The van der Waals surface area contributed by atoms with Gasteiger partial charge in [0.1, 0.15) is 6.04 Å². The number of esters is 1. The van der Waals surface area contributed by atoms with Crippen molar-refractivity contribution in [1.82, 2.24) is 10.1 Å². The first-order valence-electron chi connectivity index (χ1n) is 4.49. The van der Waals surface area contributed by atoms with Crippen molar-refractivity contribution in [2.75, 3.05) is 12.4 Å². The minimum absolute atomic E-state index is 0.348. The van der Waals surface area contributed by atoms with Gasteiger partial charge in [0.25, 0.3) is 0 Å². The van der Waals surface area contributed by atoms with E-state index in [1.165, 1.54) is 18.1 Å². The number of hydrogen-bond donors (Lipinski definition) is 1. The predicted octanol–water partition coefficient (Wildman–Crippen LogP) is 0.193. The quantitative estimate of drug-likeness (QED) is 0.699. The van der Waals surface area contributed by atoms with E-state index in [1.54, 1.807) is 6.92 Å². The summed E-state index contributed by atoms with van der Waals surface area (Å²) in [7, 11) is 0. The lowest BCUT2D eigenvalue weighted by Gasteiger charge is -2.08. The van der Waals surface area contributed by atoms with Crippen LogP contribution in [0.2, 0.25) is 0 Å². The second kappa shape index (κ2) is 6.41. The van der Waals surface area contributed by atoms with Gasteiger partial charge in [-0.1, -0.05) is 5.16 Å². The number of aromatic nitrogens is 2. The van der Waals surface area contributed by atoms with Crippen molar-refractivity contribution in [2.45, 2.75) is 18.7 Å². The monoisotopic (exact) mass is 231 g/mol. The molecule has 1 aromatic heterocycles. The molecule has 0 aliphatic rings. The Labute approximate surface area is 91.5 Å². The number of carbonyl (C=O) groups is 1. The summed E-state index contributed by atoms with van der Waals surface area (Å²) in [5.41, 5.74) is 5.58. The van der Waals surface area contributed by atoms with Gasteiger partial charge < -0.3 is 15.0 Å². The standard InChI is InChI=1S/C8H13N3O3S/c1-2-13-8(12)6(9)3-15-4-7-10-5-11-14-7/h5-6H,2-4,9H2,1H3. The van der Waals surface area contributed by atoms with E-state index >= 15 is 0 Å². The molecule has 0 radical (unpaired) electrons. The summed E-state index contributed by atoms with van der Waals surface area (Å²) in [6, 6.07) is -0.599. The van der Waals surface area contributed by atoms with Crippen molar-refractivity contribution in [1.29, 1.82) is 0 Å². The zero-order chi connectivity index (χ0) is 11.1. The average molecular weight is 231 g/mol. The second-order valence-electron chi connectivity index (χ2n) is 2.71. The van der Waals surface area contributed by atoms with Crippen molar-refractivity contribution >= 4 is 17.7 Å². The van der Waals surface area contributed by atoms with Gasteiger partial charge in [0.05, 0.1) is 12.4 Å². The summed E-state index contributed by atoms with van der Waals surface area (Å²) < 4.78 is 9.55. The Kier molecular flexibility index (Phi) is 5.13. The number of thioether (sulfide) groups is 1. The number of ether oxygens (including phenoxy) is 1. The van der Waals surface area contributed by atoms with Crippen LogP contribution in [0.1, 0.15) is 12.8 Å². The van der Waals surface area contributed by atoms with E-state index in [1.807, 2.05) is 0 Å². The SMILES string of the molecule is CCOC(=O)C(N)CSCc1ncno1. The Morgan fingerprint density at radius 2 is 2.60 bits per heavy atom. The topological polar surface area (TPSA) is 91.2 Å². The molecule has 0 saturated carbocycles. The third-order valence-corrected chi connectivity index (χ3v) is 2.57. The molecule has 0 aromatic carbocycles. The van der Waals surface area contributed by atoms with Gasteiger partial charge in [-0.2, -0.15) is 4.98 Å². The van der Waals surface area contributed by atoms with Crippen LogP contribution in [0.15, 0.2) is 10.9 Å². The lowest BCUT2D eigenvalue weighted by atomic mass is 10.4. The minimum Gasteiger partial charge on any atom is -0.465 e. The smallest absolute Gasteiger partial charge is 0.323 e. The Morgan fingerprint density at radius 1 is 1.80 bits per heavy atom. The molecule has 6 nitrogen and oxygen atoms in total. The molecule has 0 saturated heterocycles. The fraction of sp³-hybridized carbons (Fsp3) is 0.625. The normalized spacial score (nSPS) is 12.4. The van der Waals surface area contributed by atoms with Crippen LogP contribution in [0.5, 0.6) is 0 Å². The summed E-state index contributed by atoms with van der Waals surface area (Å²) in [4.78, 5) is 15.0. The molecule has 1 atom stereocenters. The summed E-state index contributed by atoms with van der Waals surface area (Å²) in [5.74, 6) is 1.17. The van der Waals surface area contributed by atoms with Crippen molar-refractivity contribution in [2.24, 2.45) is 5.73 Å². The van der Waals surface area contributed by atoms with Gasteiger partial charge in [-0.05, 0) is 6.92 Å². The van der Waals surface area contributed by atoms with E-state index < -0.39 is 6.04 Å². The molecule has 84 valence electrons. The maximum absolute atomic E-state index is 11.1. The highest BCUT2D eigenvalue weighted by molar-refractivity contribution is 7.98. The molecule has 15 heavy (non-hydrogen) atoms. The van der Waals surface area contributed by atoms with E-state index in [9.17, 15) is 4.79 Å². The van der Waals surface area contributed by atoms with Crippen LogP contribution in [0.25, 0.3) is 0 Å². The van der Waals surface area contributed by atoms with Crippen LogP contribution in [-0.4, -0.2) is 34.5 Å².